The van der Waals surface area contributed by atoms with Gasteiger partial charge in [-0.25, -0.2) is 15.0 Å². The minimum absolute atomic E-state index is 0.747. The van der Waals surface area contributed by atoms with E-state index in [1.165, 1.54) is 0 Å². The molecule has 0 spiro atoms. The first kappa shape index (κ1) is 6.27. The Morgan fingerprint density at radius 3 is 3.09 bits per heavy atom. The highest BCUT2D eigenvalue weighted by Gasteiger charge is 2.01. The van der Waals surface area contributed by atoms with E-state index < -0.39 is 0 Å². The highest BCUT2D eigenvalue weighted by atomic mass is 15.0. The molecule has 1 N–H and O–H groups in total. The molecule has 0 saturated heterocycles. The number of fused-ring (bicyclic) bond motifs is 1. The van der Waals surface area contributed by atoms with E-state index in [1.54, 1.807) is 12.7 Å². The van der Waals surface area contributed by atoms with Gasteiger partial charge >= 0.3 is 0 Å². The molecular weight excluding hydrogens is 140 g/mol. The molecule has 56 valence electrons. The summed E-state index contributed by atoms with van der Waals surface area (Å²) in [6.45, 7) is 2.06. The molecule has 0 bridgehead atoms. The molecule has 0 unspecified atom stereocenters. The monoisotopic (exact) mass is 148 g/mol. The number of nitrogens with one attached hydrogen (secondary N) is 1. The van der Waals surface area contributed by atoms with Gasteiger partial charge in [0.15, 0.2) is 5.65 Å². The third-order valence-electron chi connectivity index (χ3n) is 1.64. The van der Waals surface area contributed by atoms with Crippen molar-refractivity contribution in [3.63, 3.8) is 0 Å². The number of aromatic nitrogens is 4. The SMILES string of the molecule is CCc1ncnc2nc[nH]c12. The lowest BCUT2D eigenvalue weighted by atomic mass is 10.3. The molecule has 2 heterocycles. The van der Waals surface area contributed by atoms with E-state index >= 15 is 0 Å². The molecule has 0 saturated carbocycles. The van der Waals surface area contributed by atoms with Crippen molar-refractivity contribution in [2.45, 2.75) is 13.3 Å². The molecule has 2 aromatic heterocycles. The molecule has 0 aromatic carbocycles. The van der Waals surface area contributed by atoms with Gasteiger partial charge in [-0.05, 0) is 6.42 Å². The molecule has 0 aliphatic carbocycles. The smallest absolute Gasteiger partial charge is 0.180 e. The van der Waals surface area contributed by atoms with E-state index in [9.17, 15) is 0 Å². The number of H-pyrrole nitrogens is 1. The second-order valence-corrected chi connectivity index (χ2v) is 2.28. The molecule has 0 aliphatic rings. The first-order valence-corrected chi connectivity index (χ1v) is 3.54. The summed E-state index contributed by atoms with van der Waals surface area (Å²) < 4.78 is 0. The maximum absolute atomic E-state index is 4.12. The molecule has 0 radical (unpaired) electrons. The average molecular weight is 148 g/mol. The largest absolute Gasteiger partial charge is 0.342 e. The predicted molar refractivity (Wildman–Crippen MR) is 41.1 cm³/mol. The maximum Gasteiger partial charge on any atom is 0.180 e. The summed E-state index contributed by atoms with van der Waals surface area (Å²) in [7, 11) is 0. The average Bonchev–Trinajstić information content (AvgIpc) is 2.50. The molecule has 0 amide bonds. The standard InChI is InChI=1S/C7H8N4/c1-2-5-6-7(10-3-8-5)11-4-9-6/h3-4H,2H2,1H3,(H,8,9,10,11). The second kappa shape index (κ2) is 2.30. The Kier molecular flexibility index (Phi) is 1.31. The van der Waals surface area contributed by atoms with E-state index in [-0.39, 0.29) is 0 Å². The van der Waals surface area contributed by atoms with Crippen LogP contribution >= 0.6 is 0 Å². The Labute approximate surface area is 63.7 Å². The molecule has 0 atom stereocenters. The summed E-state index contributed by atoms with van der Waals surface area (Å²) in [4.78, 5) is 15.1. The van der Waals surface area contributed by atoms with Crippen LogP contribution in [-0.2, 0) is 6.42 Å². The van der Waals surface area contributed by atoms with Gasteiger partial charge in [-0.1, -0.05) is 6.92 Å². The van der Waals surface area contributed by atoms with Crippen molar-refractivity contribution in [3.8, 4) is 0 Å². The Balaban J connectivity index is 2.79. The van der Waals surface area contributed by atoms with Crippen molar-refractivity contribution in [1.29, 1.82) is 0 Å². The second-order valence-electron chi connectivity index (χ2n) is 2.28. The fourth-order valence-electron chi connectivity index (χ4n) is 1.08. The minimum atomic E-state index is 0.747. The summed E-state index contributed by atoms with van der Waals surface area (Å²) >= 11 is 0. The number of hydrogen-bond donors (Lipinski definition) is 1. The van der Waals surface area contributed by atoms with Crippen LogP contribution in [0.3, 0.4) is 0 Å². The first-order chi connectivity index (χ1) is 5.42. The Morgan fingerprint density at radius 1 is 1.36 bits per heavy atom. The van der Waals surface area contributed by atoms with Crippen LogP contribution in [0.2, 0.25) is 0 Å². The van der Waals surface area contributed by atoms with Crippen molar-refractivity contribution >= 4 is 11.2 Å². The third-order valence-corrected chi connectivity index (χ3v) is 1.64. The number of hydrogen-bond acceptors (Lipinski definition) is 3. The van der Waals surface area contributed by atoms with E-state index in [4.69, 9.17) is 0 Å². The van der Waals surface area contributed by atoms with Crippen molar-refractivity contribution < 1.29 is 0 Å². The van der Waals surface area contributed by atoms with Gasteiger partial charge in [0.25, 0.3) is 0 Å². The lowest BCUT2D eigenvalue weighted by Crippen LogP contribution is -1.89. The van der Waals surface area contributed by atoms with Gasteiger partial charge in [-0.2, -0.15) is 0 Å². The topological polar surface area (TPSA) is 54.5 Å². The zero-order valence-electron chi connectivity index (χ0n) is 6.20. The lowest BCUT2D eigenvalue weighted by Gasteiger charge is -1.93. The highest BCUT2D eigenvalue weighted by Crippen LogP contribution is 2.08. The van der Waals surface area contributed by atoms with Gasteiger partial charge in [0.05, 0.1) is 12.0 Å². The number of aromatic amines is 1. The Bertz CT molecular complexity index is 365. The maximum atomic E-state index is 4.12. The van der Waals surface area contributed by atoms with Gasteiger partial charge in [0.1, 0.15) is 11.8 Å². The van der Waals surface area contributed by atoms with Gasteiger partial charge in [-0.3, -0.25) is 0 Å². The van der Waals surface area contributed by atoms with E-state index in [0.717, 1.165) is 23.3 Å². The molecule has 11 heavy (non-hydrogen) atoms. The summed E-state index contributed by atoms with van der Waals surface area (Å²) in [6.07, 6.45) is 4.09. The van der Waals surface area contributed by atoms with Crippen LogP contribution in [-0.4, -0.2) is 19.9 Å². The number of aryl methyl sites for hydroxylation is 1. The predicted octanol–water partition coefficient (Wildman–Crippen LogP) is 0.915. The first-order valence-electron chi connectivity index (χ1n) is 3.54. The Morgan fingerprint density at radius 2 is 2.27 bits per heavy atom. The van der Waals surface area contributed by atoms with E-state index in [1.807, 2.05) is 0 Å². The van der Waals surface area contributed by atoms with Gasteiger partial charge in [0.2, 0.25) is 0 Å². The van der Waals surface area contributed by atoms with Crippen LogP contribution in [0.5, 0.6) is 0 Å². The molecule has 2 rings (SSSR count). The quantitative estimate of drug-likeness (QED) is 0.654. The van der Waals surface area contributed by atoms with Gasteiger partial charge in [-0.15, -0.1) is 0 Å². The number of imidazole rings is 1. The van der Waals surface area contributed by atoms with Crippen LogP contribution in [0, 0.1) is 0 Å². The fraction of sp³-hybridized carbons (Fsp3) is 0.286. The zero-order chi connectivity index (χ0) is 7.68. The molecule has 0 fully saturated rings. The third kappa shape index (κ3) is 0.869. The van der Waals surface area contributed by atoms with E-state index in [0.29, 0.717) is 0 Å². The summed E-state index contributed by atoms with van der Waals surface area (Å²) in [6, 6.07) is 0. The summed E-state index contributed by atoms with van der Waals surface area (Å²) in [5.41, 5.74) is 2.72. The van der Waals surface area contributed by atoms with Crippen LogP contribution in [0.25, 0.3) is 11.2 Å². The molecule has 4 heteroatoms. The van der Waals surface area contributed by atoms with Crippen LogP contribution < -0.4 is 0 Å². The number of rotatable bonds is 1. The fourth-order valence-corrected chi connectivity index (χ4v) is 1.08. The van der Waals surface area contributed by atoms with Crippen LogP contribution in [0.4, 0.5) is 0 Å². The lowest BCUT2D eigenvalue weighted by molar-refractivity contribution is 1.02. The van der Waals surface area contributed by atoms with Crippen molar-refractivity contribution in [2.75, 3.05) is 0 Å². The summed E-state index contributed by atoms with van der Waals surface area (Å²) in [5.74, 6) is 0. The Hall–Kier alpha value is -1.45. The number of nitrogens with zero attached hydrogens (tertiary/aromatic N) is 3. The normalized spacial score (nSPS) is 10.6. The minimum Gasteiger partial charge on any atom is -0.342 e. The van der Waals surface area contributed by atoms with Crippen molar-refractivity contribution in [1.82, 2.24) is 19.9 Å². The van der Waals surface area contributed by atoms with Gasteiger partial charge < -0.3 is 4.98 Å². The van der Waals surface area contributed by atoms with Crippen LogP contribution in [0.1, 0.15) is 12.6 Å². The summed E-state index contributed by atoms with van der Waals surface area (Å²) in [5, 5.41) is 0. The van der Waals surface area contributed by atoms with E-state index in [2.05, 4.69) is 26.9 Å². The molecule has 4 nitrogen and oxygen atoms in total. The highest BCUT2D eigenvalue weighted by molar-refractivity contribution is 5.71. The molecule has 2 aromatic rings. The molecule has 0 aliphatic heterocycles. The van der Waals surface area contributed by atoms with Crippen LogP contribution in [0.15, 0.2) is 12.7 Å². The molecular formula is C7H8N4. The van der Waals surface area contributed by atoms with Crippen molar-refractivity contribution in [2.24, 2.45) is 0 Å². The zero-order valence-corrected chi connectivity index (χ0v) is 6.20. The van der Waals surface area contributed by atoms with Gasteiger partial charge in [0, 0.05) is 0 Å². The van der Waals surface area contributed by atoms with Crippen molar-refractivity contribution in [3.05, 3.63) is 18.3 Å².